The zero-order chi connectivity index (χ0) is 11.9. The molecule has 0 saturated heterocycles. The summed E-state index contributed by atoms with van der Waals surface area (Å²) in [5.41, 5.74) is 4.50. The van der Waals surface area contributed by atoms with E-state index in [-0.39, 0.29) is 0 Å². The number of hydrogen-bond donors (Lipinski definition) is 0. The summed E-state index contributed by atoms with van der Waals surface area (Å²) in [5, 5.41) is 0. The minimum Gasteiger partial charge on any atom is -0.0810 e. The van der Waals surface area contributed by atoms with E-state index in [0.717, 1.165) is 0 Å². The van der Waals surface area contributed by atoms with Crippen LogP contribution < -0.4 is 0 Å². The number of rotatable bonds is 4. The van der Waals surface area contributed by atoms with E-state index in [1.807, 2.05) is 0 Å². The summed E-state index contributed by atoms with van der Waals surface area (Å²) in [4.78, 5) is 0. The highest BCUT2D eigenvalue weighted by atomic mass is 14.2. The summed E-state index contributed by atoms with van der Waals surface area (Å²) in [6.07, 6.45) is 12.6. The van der Waals surface area contributed by atoms with Crippen molar-refractivity contribution in [3.63, 3.8) is 0 Å². The summed E-state index contributed by atoms with van der Waals surface area (Å²) in [5.74, 6) is 0. The highest BCUT2D eigenvalue weighted by Gasteiger charge is 2.12. The number of benzene rings is 1. The van der Waals surface area contributed by atoms with Crippen molar-refractivity contribution in [1.82, 2.24) is 0 Å². The van der Waals surface area contributed by atoms with Crippen LogP contribution in [0.5, 0.6) is 0 Å². The lowest BCUT2D eigenvalue weighted by Crippen LogP contribution is -1.81. The van der Waals surface area contributed by atoms with Crippen molar-refractivity contribution in [2.75, 3.05) is 0 Å². The van der Waals surface area contributed by atoms with Crippen LogP contribution in [0.1, 0.15) is 51.0 Å². The molecule has 1 aliphatic carbocycles. The molecule has 90 valence electrons. The fourth-order valence-corrected chi connectivity index (χ4v) is 2.42. The van der Waals surface area contributed by atoms with Gasteiger partial charge in [0.1, 0.15) is 0 Å². The smallest absolute Gasteiger partial charge is 0.0254 e. The monoisotopic (exact) mass is 226 g/mol. The van der Waals surface area contributed by atoms with E-state index in [0.29, 0.717) is 0 Å². The second-order valence-corrected chi connectivity index (χ2v) is 4.81. The van der Waals surface area contributed by atoms with Gasteiger partial charge >= 0.3 is 0 Å². The maximum Gasteiger partial charge on any atom is -0.0254 e. The molecule has 0 atom stereocenters. The summed E-state index contributed by atoms with van der Waals surface area (Å²) in [7, 11) is 0. The molecular weight excluding hydrogens is 204 g/mol. The third kappa shape index (κ3) is 3.59. The van der Waals surface area contributed by atoms with Crippen LogP contribution in [0.15, 0.2) is 47.6 Å². The molecule has 2 rings (SSSR count). The van der Waals surface area contributed by atoms with Crippen molar-refractivity contribution in [3.8, 4) is 0 Å². The highest BCUT2D eigenvalue weighted by molar-refractivity contribution is 5.59. The molecule has 0 unspecified atom stereocenters. The molecule has 0 N–H and O–H groups in total. The standard InChI is InChI=1S/C17H22/c1-2-3-5-11-16-12-8-13-17(16)14-15-9-6-4-7-10-15/h4,6-7,9-11,14H,2-3,5,8,12-13H2,1H3/b16-11+,17-14+. The molecule has 0 radical (unpaired) electrons. The van der Waals surface area contributed by atoms with Crippen molar-refractivity contribution in [3.05, 3.63) is 53.1 Å². The van der Waals surface area contributed by atoms with Gasteiger partial charge in [0.2, 0.25) is 0 Å². The van der Waals surface area contributed by atoms with Gasteiger partial charge in [0.05, 0.1) is 0 Å². The number of unbranched alkanes of at least 4 members (excludes halogenated alkanes) is 2. The predicted molar refractivity (Wildman–Crippen MR) is 75.9 cm³/mol. The Morgan fingerprint density at radius 1 is 1.06 bits per heavy atom. The topological polar surface area (TPSA) is 0 Å². The van der Waals surface area contributed by atoms with Gasteiger partial charge in [-0.25, -0.2) is 0 Å². The van der Waals surface area contributed by atoms with E-state index in [9.17, 15) is 0 Å². The zero-order valence-electron chi connectivity index (χ0n) is 10.8. The molecule has 1 fully saturated rings. The van der Waals surface area contributed by atoms with Crippen molar-refractivity contribution in [2.45, 2.75) is 45.4 Å². The predicted octanol–water partition coefficient (Wildman–Crippen LogP) is 5.37. The number of hydrogen-bond acceptors (Lipinski definition) is 0. The van der Waals surface area contributed by atoms with Crippen molar-refractivity contribution in [1.29, 1.82) is 0 Å². The van der Waals surface area contributed by atoms with Crippen LogP contribution in [-0.2, 0) is 0 Å². The van der Waals surface area contributed by atoms with Crippen LogP contribution in [0.4, 0.5) is 0 Å². The van der Waals surface area contributed by atoms with Gasteiger partial charge in [-0.1, -0.05) is 62.2 Å². The molecule has 1 aromatic rings. The molecule has 0 heterocycles. The third-order valence-electron chi connectivity index (χ3n) is 3.39. The van der Waals surface area contributed by atoms with E-state index >= 15 is 0 Å². The van der Waals surface area contributed by atoms with Crippen molar-refractivity contribution < 1.29 is 0 Å². The minimum absolute atomic E-state index is 1.25. The summed E-state index contributed by atoms with van der Waals surface area (Å²) < 4.78 is 0. The first-order valence-electron chi connectivity index (χ1n) is 6.85. The molecule has 0 nitrogen and oxygen atoms in total. The maximum atomic E-state index is 2.46. The lowest BCUT2D eigenvalue weighted by Gasteiger charge is -2.02. The van der Waals surface area contributed by atoms with Crippen molar-refractivity contribution in [2.24, 2.45) is 0 Å². The van der Waals surface area contributed by atoms with Crippen LogP contribution >= 0.6 is 0 Å². The van der Waals surface area contributed by atoms with E-state index in [1.54, 1.807) is 11.1 Å². The van der Waals surface area contributed by atoms with Gasteiger partial charge in [0, 0.05) is 0 Å². The lowest BCUT2D eigenvalue weighted by molar-refractivity contribution is 0.809. The molecule has 1 aromatic carbocycles. The molecule has 0 heteroatoms. The van der Waals surface area contributed by atoms with Crippen LogP contribution in [-0.4, -0.2) is 0 Å². The molecule has 0 amide bonds. The Morgan fingerprint density at radius 2 is 1.82 bits per heavy atom. The summed E-state index contributed by atoms with van der Waals surface area (Å²) in [6, 6.07) is 10.7. The molecule has 17 heavy (non-hydrogen) atoms. The van der Waals surface area contributed by atoms with E-state index < -0.39 is 0 Å². The van der Waals surface area contributed by atoms with Crippen LogP contribution in [0.3, 0.4) is 0 Å². The number of allylic oxidation sites excluding steroid dienone is 3. The first-order valence-corrected chi connectivity index (χ1v) is 6.85. The maximum absolute atomic E-state index is 2.46. The second-order valence-electron chi connectivity index (χ2n) is 4.81. The Kier molecular flexibility index (Phi) is 4.61. The van der Waals surface area contributed by atoms with Crippen LogP contribution in [0.25, 0.3) is 6.08 Å². The average Bonchev–Trinajstić information content (AvgIpc) is 2.79. The van der Waals surface area contributed by atoms with Gasteiger partial charge in [-0.2, -0.15) is 0 Å². The SMILES string of the molecule is CCCC/C=C1\CCC\C1=C/c1ccccc1. The Hall–Kier alpha value is -1.30. The highest BCUT2D eigenvalue weighted by Crippen LogP contribution is 2.32. The van der Waals surface area contributed by atoms with Crippen molar-refractivity contribution >= 4 is 6.08 Å². The van der Waals surface area contributed by atoms with Crippen LogP contribution in [0, 0.1) is 0 Å². The normalized spacial score (nSPS) is 20.3. The first kappa shape index (κ1) is 12.2. The Balaban J connectivity index is 2.09. The summed E-state index contributed by atoms with van der Waals surface area (Å²) in [6.45, 7) is 2.26. The van der Waals surface area contributed by atoms with Gasteiger partial charge in [-0.3, -0.25) is 0 Å². The largest absolute Gasteiger partial charge is 0.0810 e. The molecule has 0 bridgehead atoms. The average molecular weight is 226 g/mol. The van der Waals surface area contributed by atoms with E-state index in [2.05, 4.69) is 49.4 Å². The second kappa shape index (κ2) is 6.44. The Labute approximate surface area is 105 Å². The third-order valence-corrected chi connectivity index (χ3v) is 3.39. The summed E-state index contributed by atoms with van der Waals surface area (Å²) >= 11 is 0. The quantitative estimate of drug-likeness (QED) is 0.605. The van der Waals surface area contributed by atoms with E-state index in [1.165, 1.54) is 44.1 Å². The Bertz CT molecular complexity index is 395. The van der Waals surface area contributed by atoms with Gasteiger partial charge in [-0.05, 0) is 42.4 Å². The molecule has 0 spiro atoms. The minimum atomic E-state index is 1.25. The van der Waals surface area contributed by atoms with Gasteiger partial charge in [0.25, 0.3) is 0 Å². The van der Waals surface area contributed by atoms with Gasteiger partial charge < -0.3 is 0 Å². The fraction of sp³-hybridized carbons (Fsp3) is 0.412. The molecular formula is C17H22. The van der Waals surface area contributed by atoms with Gasteiger partial charge in [-0.15, -0.1) is 0 Å². The molecule has 1 saturated carbocycles. The zero-order valence-corrected chi connectivity index (χ0v) is 10.8. The lowest BCUT2D eigenvalue weighted by atomic mass is 10.0. The molecule has 0 aromatic heterocycles. The van der Waals surface area contributed by atoms with Crippen LogP contribution in [0.2, 0.25) is 0 Å². The Morgan fingerprint density at radius 3 is 2.59 bits per heavy atom. The van der Waals surface area contributed by atoms with Gasteiger partial charge in [0.15, 0.2) is 0 Å². The molecule has 1 aliphatic rings. The molecule has 0 aliphatic heterocycles. The fourth-order valence-electron chi connectivity index (χ4n) is 2.42. The van der Waals surface area contributed by atoms with E-state index in [4.69, 9.17) is 0 Å². The first-order chi connectivity index (χ1) is 8.40.